The van der Waals surface area contributed by atoms with E-state index in [0.717, 1.165) is 43.4 Å². The molecule has 8 nitrogen and oxygen atoms in total. The average Bonchev–Trinajstić information content (AvgIpc) is 3.43. The Balaban J connectivity index is 1.53. The summed E-state index contributed by atoms with van der Waals surface area (Å²) in [5.41, 5.74) is 3.59. The van der Waals surface area contributed by atoms with E-state index in [1.165, 1.54) is 10.9 Å². The number of nitrogens with one attached hydrogen (secondary N) is 2. The van der Waals surface area contributed by atoms with Crippen molar-refractivity contribution in [2.24, 2.45) is 0 Å². The zero-order valence-corrected chi connectivity index (χ0v) is 18.2. The van der Waals surface area contributed by atoms with E-state index in [1.807, 2.05) is 24.4 Å². The molecule has 0 saturated heterocycles. The van der Waals surface area contributed by atoms with Gasteiger partial charge in [0.25, 0.3) is 5.56 Å². The van der Waals surface area contributed by atoms with Crippen LogP contribution in [0.15, 0.2) is 41.5 Å². The lowest BCUT2D eigenvalue weighted by Gasteiger charge is -2.17. The lowest BCUT2D eigenvalue weighted by molar-refractivity contribution is 0.404. The van der Waals surface area contributed by atoms with E-state index < -0.39 is 0 Å². The number of hydrogen-bond acceptors (Lipinski definition) is 6. The van der Waals surface area contributed by atoms with Crippen LogP contribution in [0.5, 0.6) is 0 Å². The summed E-state index contributed by atoms with van der Waals surface area (Å²) in [7, 11) is 4.10. The first-order valence-electron chi connectivity index (χ1n) is 10.9. The molecule has 3 aromatic heterocycles. The molecule has 0 aliphatic heterocycles. The van der Waals surface area contributed by atoms with Crippen LogP contribution in [0.25, 0.3) is 21.9 Å². The first kappa shape index (κ1) is 20.2. The Morgan fingerprint density at radius 2 is 2.09 bits per heavy atom. The van der Waals surface area contributed by atoms with Gasteiger partial charge in [-0.25, -0.2) is 4.98 Å². The molecule has 1 aliphatic rings. The van der Waals surface area contributed by atoms with Gasteiger partial charge in [0.2, 0.25) is 5.95 Å². The number of pyridine rings is 1. The Hall–Kier alpha value is -3.70. The molecule has 0 atom stereocenters. The van der Waals surface area contributed by atoms with E-state index >= 15 is 0 Å². The van der Waals surface area contributed by atoms with Crippen molar-refractivity contribution >= 4 is 33.6 Å². The van der Waals surface area contributed by atoms with E-state index in [-0.39, 0.29) is 17.2 Å². The molecule has 1 aliphatic carbocycles. The molecule has 0 amide bonds. The molecule has 0 unspecified atom stereocenters. The minimum absolute atomic E-state index is 0.0754. The molecular weight excluding hydrogens is 402 g/mol. The summed E-state index contributed by atoms with van der Waals surface area (Å²) in [6.45, 7) is 0.865. The van der Waals surface area contributed by atoms with E-state index in [0.29, 0.717) is 17.0 Å². The summed E-state index contributed by atoms with van der Waals surface area (Å²) in [6.07, 6.45) is 7.73. The van der Waals surface area contributed by atoms with Gasteiger partial charge in [0.1, 0.15) is 17.3 Å². The predicted molar refractivity (Wildman–Crippen MR) is 125 cm³/mol. The number of fused-ring (bicyclic) bond motifs is 2. The smallest absolute Gasteiger partial charge is 0.270 e. The standard InChI is InChI=1S/C24H25N7O/c1-30(2)14-17-13-26-21-10-18(7-8-20(17)21)28-24-27-12-16-9-15(11-25)23(32)31(22(16)29-24)19-5-3-4-6-19/h7-10,12-13,19,26H,3-6,14H2,1-2H3,(H,27,28,29). The normalized spacial score (nSPS) is 14.4. The number of aromatic nitrogens is 4. The zero-order valence-electron chi connectivity index (χ0n) is 18.2. The molecular formula is C24H25N7O. The van der Waals surface area contributed by atoms with Crippen molar-refractivity contribution in [3.8, 4) is 6.07 Å². The maximum atomic E-state index is 12.9. The van der Waals surface area contributed by atoms with Crippen molar-refractivity contribution in [2.45, 2.75) is 38.3 Å². The largest absolute Gasteiger partial charge is 0.361 e. The second kappa shape index (κ2) is 8.09. The second-order valence-electron chi connectivity index (χ2n) is 8.69. The fourth-order valence-corrected chi connectivity index (χ4v) is 4.63. The van der Waals surface area contributed by atoms with Gasteiger partial charge in [0.05, 0.1) is 0 Å². The molecule has 1 saturated carbocycles. The molecule has 162 valence electrons. The lowest BCUT2D eigenvalue weighted by atomic mass is 10.1. The third kappa shape index (κ3) is 3.61. The fourth-order valence-electron chi connectivity index (χ4n) is 4.63. The molecule has 1 aromatic carbocycles. The summed E-state index contributed by atoms with van der Waals surface area (Å²) in [5, 5.41) is 14.6. The number of hydrogen-bond donors (Lipinski definition) is 2. The van der Waals surface area contributed by atoms with Crippen LogP contribution < -0.4 is 10.9 Å². The fraction of sp³-hybridized carbons (Fsp3) is 0.333. The number of rotatable bonds is 5. The maximum Gasteiger partial charge on any atom is 0.270 e. The first-order chi connectivity index (χ1) is 15.5. The summed E-state index contributed by atoms with van der Waals surface area (Å²) in [6, 6.07) is 9.81. The van der Waals surface area contributed by atoms with Crippen LogP contribution in [0, 0.1) is 11.3 Å². The van der Waals surface area contributed by atoms with Gasteiger partial charge in [-0.3, -0.25) is 9.36 Å². The molecule has 1 fully saturated rings. The van der Waals surface area contributed by atoms with Gasteiger partial charge in [-0.1, -0.05) is 18.9 Å². The van der Waals surface area contributed by atoms with Gasteiger partial charge in [-0.2, -0.15) is 10.2 Å². The highest BCUT2D eigenvalue weighted by atomic mass is 16.1. The monoisotopic (exact) mass is 427 g/mol. The van der Waals surface area contributed by atoms with Crippen molar-refractivity contribution in [1.82, 2.24) is 24.4 Å². The van der Waals surface area contributed by atoms with Crippen LogP contribution >= 0.6 is 0 Å². The van der Waals surface area contributed by atoms with E-state index in [9.17, 15) is 10.1 Å². The van der Waals surface area contributed by atoms with Gasteiger partial charge >= 0.3 is 0 Å². The highest BCUT2D eigenvalue weighted by molar-refractivity contribution is 5.87. The molecule has 0 bridgehead atoms. The highest BCUT2D eigenvalue weighted by Gasteiger charge is 2.22. The van der Waals surface area contributed by atoms with Crippen LogP contribution in [-0.4, -0.2) is 38.5 Å². The summed E-state index contributed by atoms with van der Waals surface area (Å²) in [5.74, 6) is 0.424. The quantitative estimate of drug-likeness (QED) is 0.498. The number of nitrogens with zero attached hydrogens (tertiary/aromatic N) is 5. The minimum Gasteiger partial charge on any atom is -0.361 e. The zero-order chi connectivity index (χ0) is 22.2. The number of nitriles is 1. The number of H-pyrrole nitrogens is 1. The maximum absolute atomic E-state index is 12.9. The topological polar surface area (TPSA) is 103 Å². The Kier molecular flexibility index (Phi) is 5.11. The van der Waals surface area contributed by atoms with E-state index in [4.69, 9.17) is 4.98 Å². The van der Waals surface area contributed by atoms with Gasteiger partial charge in [-0.05, 0) is 50.7 Å². The van der Waals surface area contributed by atoms with Crippen molar-refractivity contribution in [3.63, 3.8) is 0 Å². The summed E-state index contributed by atoms with van der Waals surface area (Å²) < 4.78 is 1.70. The average molecular weight is 428 g/mol. The molecule has 3 heterocycles. The van der Waals surface area contributed by atoms with Crippen LogP contribution in [-0.2, 0) is 6.54 Å². The third-order valence-electron chi connectivity index (χ3n) is 6.09. The van der Waals surface area contributed by atoms with Gasteiger partial charge < -0.3 is 15.2 Å². The van der Waals surface area contributed by atoms with Crippen molar-refractivity contribution in [1.29, 1.82) is 5.26 Å². The predicted octanol–water partition coefficient (Wildman–Crippen LogP) is 4.06. The van der Waals surface area contributed by atoms with Gasteiger partial charge in [0.15, 0.2) is 0 Å². The number of anilines is 2. The molecule has 5 rings (SSSR count). The summed E-state index contributed by atoms with van der Waals surface area (Å²) >= 11 is 0. The molecule has 0 radical (unpaired) electrons. The van der Waals surface area contributed by atoms with Crippen LogP contribution in [0.4, 0.5) is 11.6 Å². The lowest BCUT2D eigenvalue weighted by Crippen LogP contribution is -2.26. The number of benzene rings is 1. The van der Waals surface area contributed by atoms with Gasteiger partial charge in [0, 0.05) is 47.0 Å². The SMILES string of the molecule is CN(C)Cc1c[nH]c2cc(Nc3ncc4cc(C#N)c(=O)n(C5CCCC5)c4n3)ccc12. The highest BCUT2D eigenvalue weighted by Crippen LogP contribution is 2.31. The van der Waals surface area contributed by atoms with Crippen LogP contribution in [0.3, 0.4) is 0 Å². The number of aromatic amines is 1. The molecule has 0 spiro atoms. The molecule has 4 aromatic rings. The molecule has 2 N–H and O–H groups in total. The van der Waals surface area contributed by atoms with E-state index in [1.54, 1.807) is 16.8 Å². The van der Waals surface area contributed by atoms with Crippen LogP contribution in [0.2, 0.25) is 0 Å². The van der Waals surface area contributed by atoms with Crippen molar-refractivity contribution in [3.05, 3.63) is 58.1 Å². The van der Waals surface area contributed by atoms with Crippen molar-refractivity contribution in [2.75, 3.05) is 19.4 Å². The molecule has 8 heteroatoms. The Morgan fingerprint density at radius 3 is 2.84 bits per heavy atom. The second-order valence-corrected chi connectivity index (χ2v) is 8.69. The van der Waals surface area contributed by atoms with Gasteiger partial charge in [-0.15, -0.1) is 0 Å². The third-order valence-corrected chi connectivity index (χ3v) is 6.09. The van der Waals surface area contributed by atoms with Crippen LogP contribution in [0.1, 0.15) is 42.9 Å². The Labute approximate surface area is 185 Å². The summed E-state index contributed by atoms with van der Waals surface area (Å²) in [4.78, 5) is 27.5. The Bertz CT molecular complexity index is 1400. The van der Waals surface area contributed by atoms with E-state index in [2.05, 4.69) is 40.3 Å². The van der Waals surface area contributed by atoms with Crippen molar-refractivity contribution < 1.29 is 0 Å². The molecule has 32 heavy (non-hydrogen) atoms. The first-order valence-corrected chi connectivity index (χ1v) is 10.9. The minimum atomic E-state index is -0.266. The Morgan fingerprint density at radius 1 is 1.28 bits per heavy atom.